The molecule has 7 heteroatoms. The predicted octanol–water partition coefficient (Wildman–Crippen LogP) is 1.61. The summed E-state index contributed by atoms with van der Waals surface area (Å²) in [7, 11) is -3.54. The molecular weight excluding hydrogens is 290 g/mol. The summed E-state index contributed by atoms with van der Waals surface area (Å²) in [5, 5.41) is 0. The molecule has 1 unspecified atom stereocenters. The van der Waals surface area contributed by atoms with Crippen LogP contribution in [-0.2, 0) is 10.0 Å². The van der Waals surface area contributed by atoms with Crippen molar-refractivity contribution in [3.8, 4) is 11.5 Å². The first-order chi connectivity index (χ1) is 9.03. The van der Waals surface area contributed by atoms with Gasteiger partial charge in [-0.15, -0.1) is 11.6 Å². The Labute approximate surface area is 117 Å². The van der Waals surface area contributed by atoms with E-state index in [2.05, 4.69) is 4.72 Å². The monoisotopic (exact) mass is 305 g/mol. The molecule has 1 aliphatic rings. The van der Waals surface area contributed by atoms with Gasteiger partial charge in [0.1, 0.15) is 13.2 Å². The van der Waals surface area contributed by atoms with E-state index in [0.29, 0.717) is 37.1 Å². The molecule has 1 N–H and O–H groups in total. The van der Waals surface area contributed by atoms with Crippen molar-refractivity contribution in [2.45, 2.75) is 11.8 Å². The van der Waals surface area contributed by atoms with Gasteiger partial charge in [-0.2, -0.15) is 0 Å². The molecule has 0 fully saturated rings. The lowest BCUT2D eigenvalue weighted by molar-refractivity contribution is 0.171. The number of fused-ring (bicyclic) bond motifs is 1. The highest BCUT2D eigenvalue weighted by Crippen LogP contribution is 2.32. The van der Waals surface area contributed by atoms with Crippen molar-refractivity contribution in [1.29, 1.82) is 0 Å². The molecule has 0 bridgehead atoms. The Morgan fingerprint density at radius 3 is 2.68 bits per heavy atom. The van der Waals surface area contributed by atoms with Gasteiger partial charge in [0.05, 0.1) is 4.90 Å². The molecule has 2 rings (SSSR count). The van der Waals surface area contributed by atoms with Gasteiger partial charge >= 0.3 is 0 Å². The lowest BCUT2D eigenvalue weighted by Crippen LogP contribution is -2.29. The highest BCUT2D eigenvalue weighted by atomic mass is 35.5. The van der Waals surface area contributed by atoms with E-state index in [1.165, 1.54) is 12.1 Å². The number of nitrogens with one attached hydrogen (secondary N) is 1. The van der Waals surface area contributed by atoms with Crippen LogP contribution in [0.4, 0.5) is 0 Å². The largest absolute Gasteiger partial charge is 0.486 e. The van der Waals surface area contributed by atoms with Crippen molar-refractivity contribution in [2.24, 2.45) is 5.92 Å². The predicted molar refractivity (Wildman–Crippen MR) is 72.5 cm³/mol. The van der Waals surface area contributed by atoms with E-state index in [9.17, 15) is 8.42 Å². The van der Waals surface area contributed by atoms with Crippen LogP contribution in [0, 0.1) is 5.92 Å². The zero-order chi connectivity index (χ0) is 13.9. The fraction of sp³-hybridized carbons (Fsp3) is 0.500. The van der Waals surface area contributed by atoms with Crippen LogP contribution in [0.2, 0.25) is 0 Å². The highest BCUT2D eigenvalue weighted by molar-refractivity contribution is 7.89. The minimum absolute atomic E-state index is 0.0775. The van der Waals surface area contributed by atoms with Crippen LogP contribution in [0.25, 0.3) is 0 Å². The third-order valence-electron chi connectivity index (χ3n) is 2.71. The van der Waals surface area contributed by atoms with Crippen LogP contribution in [0.3, 0.4) is 0 Å². The Bertz CT molecular complexity index is 547. The fourth-order valence-electron chi connectivity index (χ4n) is 1.58. The first-order valence-corrected chi connectivity index (χ1v) is 8.00. The molecule has 0 aliphatic carbocycles. The van der Waals surface area contributed by atoms with Gasteiger partial charge in [0.2, 0.25) is 10.0 Å². The molecule has 1 heterocycles. The van der Waals surface area contributed by atoms with Gasteiger partial charge in [-0.1, -0.05) is 6.92 Å². The average molecular weight is 306 g/mol. The molecule has 0 aromatic heterocycles. The number of hydrogen-bond donors (Lipinski definition) is 1. The summed E-state index contributed by atoms with van der Waals surface area (Å²) in [5.74, 6) is 1.51. The molecular formula is C12H16ClNO4S. The Balaban J connectivity index is 2.16. The van der Waals surface area contributed by atoms with Gasteiger partial charge in [-0.25, -0.2) is 13.1 Å². The van der Waals surface area contributed by atoms with Crippen LogP contribution in [0.15, 0.2) is 23.1 Å². The van der Waals surface area contributed by atoms with E-state index >= 15 is 0 Å². The molecule has 1 aliphatic heterocycles. The lowest BCUT2D eigenvalue weighted by Gasteiger charge is -2.19. The molecule has 19 heavy (non-hydrogen) atoms. The van der Waals surface area contributed by atoms with E-state index in [-0.39, 0.29) is 10.8 Å². The third kappa shape index (κ3) is 3.52. The molecule has 1 aromatic rings. The summed E-state index contributed by atoms with van der Waals surface area (Å²) in [4.78, 5) is 0.165. The summed E-state index contributed by atoms with van der Waals surface area (Å²) in [6.07, 6.45) is 0. The maximum Gasteiger partial charge on any atom is 0.240 e. The average Bonchev–Trinajstić information content (AvgIpc) is 2.44. The lowest BCUT2D eigenvalue weighted by atomic mass is 10.2. The van der Waals surface area contributed by atoms with Crippen molar-refractivity contribution < 1.29 is 17.9 Å². The van der Waals surface area contributed by atoms with Crippen LogP contribution < -0.4 is 14.2 Å². The summed E-state index contributed by atoms with van der Waals surface area (Å²) in [5.41, 5.74) is 0. The highest BCUT2D eigenvalue weighted by Gasteiger charge is 2.19. The fourth-order valence-corrected chi connectivity index (χ4v) is 2.87. The van der Waals surface area contributed by atoms with Crippen LogP contribution in [0.1, 0.15) is 6.92 Å². The molecule has 0 radical (unpaired) electrons. The zero-order valence-electron chi connectivity index (χ0n) is 10.6. The van der Waals surface area contributed by atoms with Crippen LogP contribution in [0.5, 0.6) is 11.5 Å². The first-order valence-electron chi connectivity index (χ1n) is 5.98. The van der Waals surface area contributed by atoms with Gasteiger partial charge in [0, 0.05) is 18.5 Å². The molecule has 1 aromatic carbocycles. The number of benzene rings is 1. The van der Waals surface area contributed by atoms with E-state index < -0.39 is 10.0 Å². The normalized spacial score (nSPS) is 16.1. The van der Waals surface area contributed by atoms with Crippen molar-refractivity contribution in [1.82, 2.24) is 4.72 Å². The summed E-state index contributed by atoms with van der Waals surface area (Å²) >= 11 is 5.65. The second kappa shape index (κ2) is 5.98. The maximum absolute atomic E-state index is 12.1. The van der Waals surface area contributed by atoms with Crippen LogP contribution >= 0.6 is 11.6 Å². The van der Waals surface area contributed by atoms with Gasteiger partial charge in [0.25, 0.3) is 0 Å². The Kier molecular flexibility index (Phi) is 4.54. The van der Waals surface area contributed by atoms with E-state index in [0.717, 1.165) is 0 Å². The smallest absolute Gasteiger partial charge is 0.240 e. The molecule has 106 valence electrons. The van der Waals surface area contributed by atoms with E-state index in [4.69, 9.17) is 21.1 Å². The maximum atomic E-state index is 12.1. The van der Waals surface area contributed by atoms with Crippen LogP contribution in [-0.4, -0.2) is 34.1 Å². The zero-order valence-corrected chi connectivity index (χ0v) is 12.1. The van der Waals surface area contributed by atoms with E-state index in [1.807, 2.05) is 6.92 Å². The summed E-state index contributed by atoms with van der Waals surface area (Å²) in [6, 6.07) is 4.58. The van der Waals surface area contributed by atoms with Crippen molar-refractivity contribution in [2.75, 3.05) is 25.6 Å². The number of hydrogen-bond acceptors (Lipinski definition) is 4. The number of halogens is 1. The van der Waals surface area contributed by atoms with Gasteiger partial charge in [0.15, 0.2) is 11.5 Å². The standard InChI is InChI=1S/C12H16ClNO4S/c1-9(7-13)8-14-19(15,16)10-2-3-11-12(6-10)18-5-4-17-11/h2-3,6,9,14H,4-5,7-8H2,1H3. The Morgan fingerprint density at radius 1 is 1.32 bits per heavy atom. The number of rotatable bonds is 5. The third-order valence-corrected chi connectivity index (χ3v) is 4.66. The van der Waals surface area contributed by atoms with E-state index in [1.54, 1.807) is 6.07 Å². The second-order valence-corrected chi connectivity index (χ2v) is 6.49. The second-order valence-electron chi connectivity index (χ2n) is 4.42. The minimum atomic E-state index is -3.54. The molecule has 1 atom stereocenters. The quantitative estimate of drug-likeness (QED) is 0.840. The van der Waals surface area contributed by atoms with Gasteiger partial charge < -0.3 is 9.47 Å². The molecule has 5 nitrogen and oxygen atoms in total. The SMILES string of the molecule is CC(CCl)CNS(=O)(=O)c1ccc2c(c1)OCCO2. The minimum Gasteiger partial charge on any atom is -0.486 e. The summed E-state index contributed by atoms with van der Waals surface area (Å²) in [6.45, 7) is 3.08. The first kappa shape index (κ1) is 14.4. The molecule has 0 spiro atoms. The van der Waals surface area contributed by atoms with Crippen molar-refractivity contribution >= 4 is 21.6 Å². The Hall–Kier alpha value is -0.980. The summed E-state index contributed by atoms with van der Waals surface area (Å²) < 4.78 is 37.4. The number of sulfonamides is 1. The van der Waals surface area contributed by atoms with Crippen molar-refractivity contribution in [3.05, 3.63) is 18.2 Å². The number of ether oxygens (including phenoxy) is 2. The van der Waals surface area contributed by atoms with Gasteiger partial charge in [-0.05, 0) is 18.1 Å². The topological polar surface area (TPSA) is 64.6 Å². The van der Waals surface area contributed by atoms with Crippen molar-refractivity contribution in [3.63, 3.8) is 0 Å². The number of alkyl halides is 1. The molecule has 0 saturated heterocycles. The van der Waals surface area contributed by atoms with Gasteiger partial charge in [-0.3, -0.25) is 0 Å². The molecule has 0 amide bonds. The Morgan fingerprint density at radius 2 is 2.00 bits per heavy atom. The molecule has 0 saturated carbocycles.